The third kappa shape index (κ3) is 6.49. The fourth-order valence-corrected chi connectivity index (χ4v) is 4.47. The predicted molar refractivity (Wildman–Crippen MR) is 131 cm³/mol. The van der Waals surface area contributed by atoms with Crippen LogP contribution in [-0.2, 0) is 10.0 Å². The number of benzene rings is 2. The van der Waals surface area contributed by atoms with Gasteiger partial charge in [-0.15, -0.1) is 0 Å². The molecule has 3 rings (SSSR count). The van der Waals surface area contributed by atoms with E-state index in [-0.39, 0.29) is 22.9 Å². The molecule has 2 amide bonds. The van der Waals surface area contributed by atoms with Crippen LogP contribution >= 0.6 is 0 Å². The third-order valence-electron chi connectivity index (χ3n) is 5.14. The van der Waals surface area contributed by atoms with E-state index in [1.54, 1.807) is 37.4 Å². The van der Waals surface area contributed by atoms with Crippen LogP contribution in [0.5, 0.6) is 0 Å². The maximum Gasteiger partial charge on any atom is 0.256 e. The second-order valence-electron chi connectivity index (χ2n) is 7.83. The molecule has 0 aliphatic carbocycles. The highest BCUT2D eigenvalue weighted by Crippen LogP contribution is 2.20. The van der Waals surface area contributed by atoms with E-state index in [0.717, 1.165) is 4.31 Å². The minimum absolute atomic E-state index is 0.0871. The van der Waals surface area contributed by atoms with Crippen molar-refractivity contribution in [2.24, 2.45) is 0 Å². The summed E-state index contributed by atoms with van der Waals surface area (Å²) in [5, 5.41) is 24.0. The van der Waals surface area contributed by atoms with E-state index in [1.807, 2.05) is 0 Å². The molecule has 0 saturated heterocycles. The van der Waals surface area contributed by atoms with E-state index in [0.29, 0.717) is 22.5 Å². The molecule has 0 radical (unpaired) electrons. The number of nitrogens with one attached hydrogen (secondary N) is 2. The van der Waals surface area contributed by atoms with Crippen LogP contribution in [0.1, 0.15) is 26.3 Å². The lowest BCUT2D eigenvalue weighted by molar-refractivity contribution is 0.0826. The number of sulfonamides is 1. The Morgan fingerprint density at radius 2 is 1.77 bits per heavy atom. The molecule has 1 heterocycles. The Labute approximate surface area is 203 Å². The van der Waals surface area contributed by atoms with Crippen LogP contribution in [0, 0.1) is 6.92 Å². The highest BCUT2D eigenvalue weighted by molar-refractivity contribution is 7.89. The molecule has 0 fully saturated rings. The van der Waals surface area contributed by atoms with Gasteiger partial charge in [0.25, 0.3) is 11.8 Å². The quantitative estimate of drug-likeness (QED) is 0.352. The number of hydrogen-bond acceptors (Lipinski definition) is 7. The Hall–Kier alpha value is -3.64. The van der Waals surface area contributed by atoms with Crippen molar-refractivity contribution in [3.05, 3.63) is 83.7 Å². The minimum Gasteiger partial charge on any atom is -0.394 e. The second kappa shape index (κ2) is 11.2. The molecule has 1 aromatic heterocycles. The Balaban J connectivity index is 1.78. The van der Waals surface area contributed by atoms with Gasteiger partial charge in [0, 0.05) is 36.6 Å². The van der Waals surface area contributed by atoms with Crippen molar-refractivity contribution in [3.63, 3.8) is 0 Å². The molecule has 2 aromatic carbocycles. The van der Waals surface area contributed by atoms with E-state index in [9.17, 15) is 23.1 Å². The van der Waals surface area contributed by atoms with Gasteiger partial charge in [0.1, 0.15) is 0 Å². The Morgan fingerprint density at radius 1 is 1.03 bits per heavy atom. The smallest absolute Gasteiger partial charge is 0.256 e. The molecular weight excluding hydrogens is 472 g/mol. The lowest BCUT2D eigenvalue weighted by atomic mass is 10.1. The monoisotopic (exact) mass is 498 g/mol. The van der Waals surface area contributed by atoms with Crippen LogP contribution in [0.25, 0.3) is 0 Å². The van der Waals surface area contributed by atoms with Crippen LogP contribution in [0.2, 0.25) is 0 Å². The van der Waals surface area contributed by atoms with Crippen molar-refractivity contribution in [1.82, 2.24) is 9.29 Å². The highest BCUT2D eigenvalue weighted by atomic mass is 32.2. The summed E-state index contributed by atoms with van der Waals surface area (Å²) in [5.74, 6) is -0.935. The maximum absolute atomic E-state index is 12.8. The summed E-state index contributed by atoms with van der Waals surface area (Å²) in [6.07, 6.45) is 1.88. The molecule has 1 unspecified atom stereocenters. The topological polar surface area (TPSA) is 149 Å². The number of amides is 2. The summed E-state index contributed by atoms with van der Waals surface area (Å²) < 4.78 is 26.5. The van der Waals surface area contributed by atoms with E-state index in [1.165, 1.54) is 43.6 Å². The average Bonchev–Trinajstić information content (AvgIpc) is 2.85. The van der Waals surface area contributed by atoms with Crippen molar-refractivity contribution in [2.75, 3.05) is 30.8 Å². The Morgan fingerprint density at radius 3 is 2.46 bits per heavy atom. The first-order chi connectivity index (χ1) is 16.6. The molecule has 11 heteroatoms. The summed E-state index contributed by atoms with van der Waals surface area (Å²) in [6.45, 7) is 0.881. The van der Waals surface area contributed by atoms with Gasteiger partial charge >= 0.3 is 0 Å². The molecule has 0 saturated carbocycles. The van der Waals surface area contributed by atoms with Gasteiger partial charge in [0.15, 0.2) is 0 Å². The van der Waals surface area contributed by atoms with Crippen molar-refractivity contribution >= 4 is 33.2 Å². The van der Waals surface area contributed by atoms with Crippen molar-refractivity contribution in [1.29, 1.82) is 0 Å². The first-order valence-electron chi connectivity index (χ1n) is 10.6. The predicted octanol–water partition coefficient (Wildman–Crippen LogP) is 1.87. The number of hydrogen-bond donors (Lipinski definition) is 4. The number of likely N-dealkylation sites (N-methyl/N-ethyl adjacent to an activating group) is 1. The van der Waals surface area contributed by atoms with Gasteiger partial charge in [-0.25, -0.2) is 8.42 Å². The van der Waals surface area contributed by atoms with Crippen LogP contribution in [0.4, 0.5) is 11.4 Å². The largest absolute Gasteiger partial charge is 0.394 e. The molecule has 4 N–H and O–H groups in total. The molecule has 1 atom stereocenters. The summed E-state index contributed by atoms with van der Waals surface area (Å²) in [6, 6.07) is 13.7. The van der Waals surface area contributed by atoms with Gasteiger partial charge in [-0.3, -0.25) is 14.6 Å². The summed E-state index contributed by atoms with van der Waals surface area (Å²) in [4.78, 5) is 29.4. The zero-order valence-electron chi connectivity index (χ0n) is 19.2. The normalized spacial score (nSPS) is 12.3. The van der Waals surface area contributed by atoms with Gasteiger partial charge < -0.3 is 20.8 Å². The van der Waals surface area contributed by atoms with E-state index in [4.69, 9.17) is 5.11 Å². The van der Waals surface area contributed by atoms with Crippen LogP contribution < -0.4 is 10.6 Å². The molecule has 184 valence electrons. The number of nitrogens with zero attached hydrogens (tertiary/aromatic N) is 2. The number of aliphatic hydroxyl groups excluding tert-OH is 2. The van der Waals surface area contributed by atoms with Gasteiger partial charge in [-0.05, 0) is 55.0 Å². The first kappa shape index (κ1) is 26.0. The summed E-state index contributed by atoms with van der Waals surface area (Å²) >= 11 is 0. The number of pyridine rings is 1. The van der Waals surface area contributed by atoms with Crippen molar-refractivity contribution in [3.8, 4) is 0 Å². The lowest BCUT2D eigenvalue weighted by Crippen LogP contribution is -2.36. The Bertz CT molecular complexity index is 1310. The zero-order chi connectivity index (χ0) is 25.6. The lowest BCUT2D eigenvalue weighted by Gasteiger charge is -2.19. The summed E-state index contributed by atoms with van der Waals surface area (Å²) in [5.41, 5.74) is 2.02. The van der Waals surface area contributed by atoms with Crippen LogP contribution in [-0.4, -0.2) is 66.0 Å². The van der Waals surface area contributed by atoms with Gasteiger partial charge in [0.05, 0.1) is 29.5 Å². The molecular formula is C24H26N4O6S. The van der Waals surface area contributed by atoms with E-state index < -0.39 is 28.6 Å². The standard InChI is InChI=1S/C24H26N4O6S/c1-16-8-9-18(12-22(16)24(32)27-19-6-4-10-25-13-19)26-23(31)17-5-3-7-21(11-17)35(33,34)28(2)14-20(30)15-29/h3-13,20,29-30H,14-15H2,1-2H3,(H,26,31)(H,27,32). The summed E-state index contributed by atoms with van der Waals surface area (Å²) in [7, 11) is -2.73. The van der Waals surface area contributed by atoms with Gasteiger partial charge in [-0.1, -0.05) is 12.1 Å². The first-order valence-corrected chi connectivity index (χ1v) is 12.0. The van der Waals surface area contributed by atoms with Gasteiger partial charge in [-0.2, -0.15) is 4.31 Å². The average molecular weight is 499 g/mol. The van der Waals surface area contributed by atoms with E-state index in [2.05, 4.69) is 15.6 Å². The number of aliphatic hydroxyl groups is 2. The fraction of sp³-hybridized carbons (Fsp3) is 0.208. The van der Waals surface area contributed by atoms with Crippen LogP contribution in [0.15, 0.2) is 71.9 Å². The molecule has 0 bridgehead atoms. The third-order valence-corrected chi connectivity index (χ3v) is 6.96. The van der Waals surface area contributed by atoms with Crippen molar-refractivity contribution < 1.29 is 28.2 Å². The molecule has 35 heavy (non-hydrogen) atoms. The minimum atomic E-state index is -4.00. The fourth-order valence-electron chi connectivity index (χ4n) is 3.21. The number of anilines is 2. The number of rotatable bonds is 9. The van der Waals surface area contributed by atoms with Gasteiger partial charge in [0.2, 0.25) is 10.0 Å². The molecule has 10 nitrogen and oxygen atoms in total. The highest BCUT2D eigenvalue weighted by Gasteiger charge is 2.24. The zero-order valence-corrected chi connectivity index (χ0v) is 20.0. The Kier molecular flexibility index (Phi) is 8.30. The van der Waals surface area contributed by atoms with E-state index >= 15 is 0 Å². The van der Waals surface area contributed by atoms with Crippen LogP contribution in [0.3, 0.4) is 0 Å². The number of aromatic nitrogens is 1. The number of carbonyl (C=O) groups is 2. The second-order valence-corrected chi connectivity index (χ2v) is 9.87. The maximum atomic E-state index is 12.8. The SMILES string of the molecule is Cc1ccc(NC(=O)c2cccc(S(=O)(=O)N(C)CC(O)CO)c2)cc1C(=O)Nc1cccnc1. The molecule has 0 aliphatic heterocycles. The van der Waals surface area contributed by atoms with Crippen molar-refractivity contribution in [2.45, 2.75) is 17.9 Å². The molecule has 0 spiro atoms. The number of carbonyl (C=O) groups excluding carboxylic acids is 2. The number of aryl methyl sites for hydroxylation is 1. The molecule has 0 aliphatic rings. The molecule has 3 aromatic rings.